The van der Waals surface area contributed by atoms with Gasteiger partial charge in [-0.3, -0.25) is 4.79 Å². The van der Waals surface area contributed by atoms with Crippen molar-refractivity contribution in [2.24, 2.45) is 0 Å². The maximum absolute atomic E-state index is 13.0. The zero-order chi connectivity index (χ0) is 22.5. The van der Waals surface area contributed by atoms with Crippen LogP contribution in [0.5, 0.6) is 0 Å². The van der Waals surface area contributed by atoms with E-state index in [9.17, 15) is 9.59 Å². The molecule has 1 saturated heterocycles. The van der Waals surface area contributed by atoms with Gasteiger partial charge in [0.05, 0.1) is 5.69 Å². The molecule has 2 aliphatic rings. The SMILES string of the molecule is CC(C)(C)OC(=O)N1CC(c2cc3nccc(C(=O)NC4Cc5ccccc5C4)n3n2)C1. The molecule has 0 spiro atoms. The zero-order valence-corrected chi connectivity index (χ0v) is 18.5. The van der Waals surface area contributed by atoms with E-state index in [1.807, 2.05) is 39.0 Å². The summed E-state index contributed by atoms with van der Waals surface area (Å²) in [5, 5.41) is 7.80. The Morgan fingerprint density at radius 1 is 1.09 bits per heavy atom. The zero-order valence-electron chi connectivity index (χ0n) is 18.5. The fourth-order valence-electron chi connectivity index (χ4n) is 4.35. The molecule has 1 aliphatic heterocycles. The lowest BCUT2D eigenvalue weighted by atomic mass is 9.97. The lowest BCUT2D eigenvalue weighted by molar-refractivity contribution is 0.00785. The Bertz CT molecular complexity index is 1160. The number of carbonyl (C=O) groups is 2. The Hall–Kier alpha value is -3.42. The van der Waals surface area contributed by atoms with E-state index in [-0.39, 0.29) is 24.0 Å². The van der Waals surface area contributed by atoms with E-state index in [1.165, 1.54) is 11.1 Å². The Labute approximate surface area is 186 Å². The lowest BCUT2D eigenvalue weighted by Crippen LogP contribution is -2.50. The van der Waals surface area contributed by atoms with Crippen LogP contribution in [0.25, 0.3) is 5.65 Å². The number of nitrogens with zero attached hydrogens (tertiary/aromatic N) is 4. The van der Waals surface area contributed by atoms with Gasteiger partial charge in [0.2, 0.25) is 0 Å². The number of aromatic nitrogens is 3. The maximum Gasteiger partial charge on any atom is 0.410 e. The Kier molecular flexibility index (Phi) is 4.87. The number of hydrogen-bond donors (Lipinski definition) is 1. The molecule has 0 bridgehead atoms. The summed E-state index contributed by atoms with van der Waals surface area (Å²) in [7, 11) is 0. The maximum atomic E-state index is 13.0. The first kappa shape index (κ1) is 20.5. The van der Waals surface area contributed by atoms with Gasteiger partial charge in [-0.1, -0.05) is 24.3 Å². The molecule has 166 valence electrons. The van der Waals surface area contributed by atoms with Gasteiger partial charge in [0.1, 0.15) is 11.3 Å². The molecule has 1 aliphatic carbocycles. The van der Waals surface area contributed by atoms with Crippen LogP contribution >= 0.6 is 0 Å². The van der Waals surface area contributed by atoms with Crippen LogP contribution in [-0.4, -0.2) is 56.2 Å². The molecular weight excluding hydrogens is 406 g/mol. The average Bonchev–Trinajstić information content (AvgIpc) is 3.28. The largest absolute Gasteiger partial charge is 0.444 e. The third-order valence-corrected chi connectivity index (χ3v) is 5.95. The molecule has 0 radical (unpaired) electrons. The van der Waals surface area contributed by atoms with Crippen LogP contribution in [-0.2, 0) is 17.6 Å². The lowest BCUT2D eigenvalue weighted by Gasteiger charge is -2.38. The van der Waals surface area contributed by atoms with E-state index in [0.717, 1.165) is 18.5 Å². The predicted octanol–water partition coefficient (Wildman–Crippen LogP) is 2.96. The van der Waals surface area contributed by atoms with Gasteiger partial charge in [0.25, 0.3) is 5.91 Å². The Morgan fingerprint density at radius 2 is 1.78 bits per heavy atom. The summed E-state index contributed by atoms with van der Waals surface area (Å²) < 4.78 is 7.02. The highest BCUT2D eigenvalue weighted by molar-refractivity contribution is 5.93. The standard InChI is InChI=1S/C24H27N5O3/c1-24(2,3)32-23(31)28-13-17(14-28)19-12-21-25-9-8-20(29(21)27-19)22(30)26-18-10-15-6-4-5-7-16(15)11-18/h4-9,12,17-18H,10-11,13-14H2,1-3H3,(H,26,30). The summed E-state index contributed by atoms with van der Waals surface area (Å²) in [6.45, 7) is 6.65. The average molecular weight is 434 g/mol. The molecule has 8 heteroatoms. The van der Waals surface area contributed by atoms with Crippen LogP contribution < -0.4 is 5.32 Å². The second-order valence-electron chi connectivity index (χ2n) is 9.60. The van der Waals surface area contributed by atoms with Crippen molar-refractivity contribution in [3.63, 3.8) is 0 Å². The highest BCUT2D eigenvalue weighted by Crippen LogP contribution is 2.28. The van der Waals surface area contributed by atoms with Crippen LogP contribution in [0.4, 0.5) is 4.79 Å². The molecule has 2 aromatic heterocycles. The minimum Gasteiger partial charge on any atom is -0.444 e. The van der Waals surface area contributed by atoms with E-state index in [1.54, 1.807) is 21.7 Å². The minimum atomic E-state index is -0.516. The summed E-state index contributed by atoms with van der Waals surface area (Å²) in [6.07, 6.45) is 2.99. The number of fused-ring (bicyclic) bond motifs is 2. The highest BCUT2D eigenvalue weighted by atomic mass is 16.6. The fraction of sp³-hybridized carbons (Fsp3) is 0.417. The second-order valence-corrected chi connectivity index (χ2v) is 9.60. The van der Waals surface area contributed by atoms with Crippen LogP contribution in [0.2, 0.25) is 0 Å². The van der Waals surface area contributed by atoms with Gasteiger partial charge >= 0.3 is 6.09 Å². The van der Waals surface area contributed by atoms with Gasteiger partial charge < -0.3 is 15.0 Å². The molecule has 32 heavy (non-hydrogen) atoms. The van der Waals surface area contributed by atoms with Crippen molar-refractivity contribution >= 4 is 17.6 Å². The molecule has 3 heterocycles. The molecule has 1 N–H and O–H groups in total. The quantitative estimate of drug-likeness (QED) is 0.686. The molecule has 2 amide bonds. The molecular formula is C24H27N5O3. The molecule has 1 aromatic carbocycles. The first-order chi connectivity index (χ1) is 15.3. The van der Waals surface area contributed by atoms with Crippen molar-refractivity contribution in [2.45, 2.75) is 51.2 Å². The number of amides is 2. The number of ether oxygens (including phenoxy) is 1. The Morgan fingerprint density at radius 3 is 2.44 bits per heavy atom. The first-order valence-corrected chi connectivity index (χ1v) is 11.0. The van der Waals surface area contributed by atoms with E-state index in [2.05, 4.69) is 27.5 Å². The monoisotopic (exact) mass is 433 g/mol. The van der Waals surface area contributed by atoms with E-state index in [0.29, 0.717) is 24.4 Å². The Balaban J connectivity index is 1.27. The predicted molar refractivity (Wildman–Crippen MR) is 119 cm³/mol. The highest BCUT2D eigenvalue weighted by Gasteiger charge is 2.36. The molecule has 5 rings (SSSR count). The molecule has 8 nitrogen and oxygen atoms in total. The third kappa shape index (κ3) is 3.92. The van der Waals surface area contributed by atoms with Gasteiger partial charge in [0.15, 0.2) is 5.65 Å². The smallest absolute Gasteiger partial charge is 0.410 e. The summed E-state index contributed by atoms with van der Waals surface area (Å²) in [5.41, 5.74) is 3.97. The van der Waals surface area contributed by atoms with Crippen molar-refractivity contribution in [1.29, 1.82) is 0 Å². The molecule has 0 saturated carbocycles. The molecule has 3 aromatic rings. The van der Waals surface area contributed by atoms with Gasteiger partial charge in [-0.15, -0.1) is 0 Å². The molecule has 0 unspecified atom stereocenters. The fourth-order valence-corrected chi connectivity index (χ4v) is 4.35. The number of hydrogen-bond acceptors (Lipinski definition) is 5. The molecule has 0 atom stereocenters. The summed E-state index contributed by atoms with van der Waals surface area (Å²) >= 11 is 0. The van der Waals surface area contributed by atoms with Gasteiger partial charge in [-0.2, -0.15) is 5.10 Å². The van der Waals surface area contributed by atoms with Gasteiger partial charge in [0, 0.05) is 37.3 Å². The minimum absolute atomic E-state index is 0.0761. The van der Waals surface area contributed by atoms with Crippen molar-refractivity contribution in [3.8, 4) is 0 Å². The van der Waals surface area contributed by atoms with Crippen LogP contribution in [0.1, 0.15) is 54.0 Å². The van der Waals surface area contributed by atoms with Crippen molar-refractivity contribution in [2.75, 3.05) is 13.1 Å². The van der Waals surface area contributed by atoms with Crippen molar-refractivity contribution in [1.82, 2.24) is 24.8 Å². The topological polar surface area (TPSA) is 88.8 Å². The van der Waals surface area contributed by atoms with Crippen LogP contribution in [0.15, 0.2) is 42.6 Å². The second kappa shape index (κ2) is 7.62. The van der Waals surface area contributed by atoms with Crippen LogP contribution in [0, 0.1) is 0 Å². The van der Waals surface area contributed by atoms with Crippen molar-refractivity contribution < 1.29 is 14.3 Å². The van der Waals surface area contributed by atoms with E-state index in [4.69, 9.17) is 4.74 Å². The van der Waals surface area contributed by atoms with Gasteiger partial charge in [-0.25, -0.2) is 14.3 Å². The number of nitrogens with one attached hydrogen (secondary N) is 1. The number of carbonyl (C=O) groups excluding carboxylic acids is 2. The van der Waals surface area contributed by atoms with Crippen molar-refractivity contribution in [3.05, 3.63) is 65.1 Å². The number of rotatable bonds is 3. The van der Waals surface area contributed by atoms with Gasteiger partial charge in [-0.05, 0) is 50.8 Å². The third-order valence-electron chi connectivity index (χ3n) is 5.95. The summed E-state index contributed by atoms with van der Waals surface area (Å²) in [4.78, 5) is 31.3. The summed E-state index contributed by atoms with van der Waals surface area (Å²) in [5.74, 6) is -0.0571. The number of benzene rings is 1. The number of likely N-dealkylation sites (tertiary alicyclic amines) is 1. The van der Waals surface area contributed by atoms with E-state index >= 15 is 0 Å². The van der Waals surface area contributed by atoms with E-state index < -0.39 is 5.60 Å². The summed E-state index contributed by atoms with van der Waals surface area (Å²) in [6, 6.07) is 12.0. The molecule has 1 fully saturated rings. The van der Waals surface area contributed by atoms with Crippen LogP contribution in [0.3, 0.4) is 0 Å². The normalized spacial score (nSPS) is 16.7. The first-order valence-electron chi connectivity index (χ1n) is 11.0.